The van der Waals surface area contributed by atoms with Crippen LogP contribution in [0.3, 0.4) is 0 Å². The molecule has 0 aliphatic carbocycles. The molecule has 0 amide bonds. The fourth-order valence-electron chi connectivity index (χ4n) is 2.56. The summed E-state index contributed by atoms with van der Waals surface area (Å²) >= 11 is 0. The average Bonchev–Trinajstić information content (AvgIpc) is 2.74. The standard InChI is InChI=1S/C16H25N3/c1-12(2)13-5-6-16-15(10-13)14(4-3-7-17)11-19(16)9-8-18/h5-6,10-12H,3-4,7-9,17-18H2,1-2H3. The van der Waals surface area contributed by atoms with Crippen LogP contribution in [-0.4, -0.2) is 17.7 Å². The van der Waals surface area contributed by atoms with Crippen LogP contribution in [0.25, 0.3) is 10.9 Å². The number of rotatable bonds is 6. The van der Waals surface area contributed by atoms with E-state index >= 15 is 0 Å². The third-order valence-corrected chi connectivity index (χ3v) is 3.67. The molecular formula is C16H25N3. The average molecular weight is 259 g/mol. The van der Waals surface area contributed by atoms with Crippen LogP contribution in [-0.2, 0) is 13.0 Å². The van der Waals surface area contributed by atoms with Gasteiger partial charge in [0.05, 0.1) is 0 Å². The van der Waals surface area contributed by atoms with Gasteiger partial charge in [-0.15, -0.1) is 0 Å². The van der Waals surface area contributed by atoms with Gasteiger partial charge in [0.1, 0.15) is 0 Å². The predicted molar refractivity (Wildman–Crippen MR) is 82.5 cm³/mol. The van der Waals surface area contributed by atoms with Crippen molar-refractivity contribution in [3.05, 3.63) is 35.5 Å². The summed E-state index contributed by atoms with van der Waals surface area (Å²) < 4.78 is 2.27. The molecule has 0 aliphatic heterocycles. The number of aryl methyl sites for hydroxylation is 1. The first-order chi connectivity index (χ1) is 9.17. The molecule has 0 spiro atoms. The van der Waals surface area contributed by atoms with E-state index in [2.05, 4.69) is 42.8 Å². The minimum Gasteiger partial charge on any atom is -0.346 e. The molecule has 4 N–H and O–H groups in total. The Balaban J connectivity index is 2.48. The Hall–Kier alpha value is -1.32. The molecule has 0 bridgehead atoms. The molecule has 1 heterocycles. The Bertz CT molecular complexity index is 540. The number of nitrogens with zero attached hydrogens (tertiary/aromatic N) is 1. The Kier molecular flexibility index (Phi) is 4.61. The van der Waals surface area contributed by atoms with Crippen LogP contribution in [0.15, 0.2) is 24.4 Å². The van der Waals surface area contributed by atoms with Gasteiger partial charge in [0, 0.05) is 30.2 Å². The van der Waals surface area contributed by atoms with Gasteiger partial charge in [0.15, 0.2) is 0 Å². The molecule has 2 aromatic rings. The summed E-state index contributed by atoms with van der Waals surface area (Å²) in [6.45, 7) is 6.76. The molecule has 19 heavy (non-hydrogen) atoms. The quantitative estimate of drug-likeness (QED) is 0.838. The molecule has 3 heteroatoms. The molecule has 3 nitrogen and oxygen atoms in total. The second-order valence-corrected chi connectivity index (χ2v) is 5.46. The fourth-order valence-corrected chi connectivity index (χ4v) is 2.56. The van der Waals surface area contributed by atoms with Gasteiger partial charge in [0.2, 0.25) is 0 Å². The topological polar surface area (TPSA) is 57.0 Å². The number of hydrogen-bond acceptors (Lipinski definition) is 2. The van der Waals surface area contributed by atoms with E-state index in [-0.39, 0.29) is 0 Å². The van der Waals surface area contributed by atoms with Crippen molar-refractivity contribution < 1.29 is 0 Å². The van der Waals surface area contributed by atoms with E-state index in [1.165, 1.54) is 22.0 Å². The molecule has 0 saturated carbocycles. The van der Waals surface area contributed by atoms with Gasteiger partial charge in [-0.05, 0) is 48.6 Å². The summed E-state index contributed by atoms with van der Waals surface area (Å²) in [6, 6.07) is 6.79. The maximum absolute atomic E-state index is 5.70. The Morgan fingerprint density at radius 1 is 1.16 bits per heavy atom. The summed E-state index contributed by atoms with van der Waals surface area (Å²) in [6.07, 6.45) is 4.33. The molecule has 1 aromatic carbocycles. The highest BCUT2D eigenvalue weighted by molar-refractivity contribution is 5.85. The molecule has 104 valence electrons. The van der Waals surface area contributed by atoms with Gasteiger partial charge in [-0.2, -0.15) is 0 Å². The van der Waals surface area contributed by atoms with Crippen LogP contribution in [0.4, 0.5) is 0 Å². The first-order valence-electron chi connectivity index (χ1n) is 7.19. The van der Waals surface area contributed by atoms with Crippen molar-refractivity contribution in [2.75, 3.05) is 13.1 Å². The fraction of sp³-hybridized carbons (Fsp3) is 0.500. The highest BCUT2D eigenvalue weighted by Crippen LogP contribution is 2.26. The summed E-state index contributed by atoms with van der Waals surface area (Å²) in [5.41, 5.74) is 15.4. The lowest BCUT2D eigenvalue weighted by Crippen LogP contribution is -2.08. The van der Waals surface area contributed by atoms with E-state index < -0.39 is 0 Å². The van der Waals surface area contributed by atoms with E-state index in [4.69, 9.17) is 11.5 Å². The van der Waals surface area contributed by atoms with Crippen LogP contribution in [0.5, 0.6) is 0 Å². The van der Waals surface area contributed by atoms with Crippen LogP contribution in [0, 0.1) is 0 Å². The minimum absolute atomic E-state index is 0.560. The van der Waals surface area contributed by atoms with Crippen molar-refractivity contribution in [3.63, 3.8) is 0 Å². The zero-order valence-electron chi connectivity index (χ0n) is 12.0. The van der Waals surface area contributed by atoms with E-state index in [9.17, 15) is 0 Å². The minimum atomic E-state index is 0.560. The van der Waals surface area contributed by atoms with Crippen molar-refractivity contribution >= 4 is 10.9 Å². The molecular weight excluding hydrogens is 234 g/mol. The zero-order chi connectivity index (χ0) is 13.8. The van der Waals surface area contributed by atoms with Gasteiger partial charge in [-0.25, -0.2) is 0 Å². The number of benzene rings is 1. The van der Waals surface area contributed by atoms with Gasteiger partial charge < -0.3 is 16.0 Å². The van der Waals surface area contributed by atoms with E-state index in [0.717, 1.165) is 25.9 Å². The second kappa shape index (κ2) is 6.22. The van der Waals surface area contributed by atoms with Crippen LogP contribution in [0.2, 0.25) is 0 Å². The maximum atomic E-state index is 5.70. The van der Waals surface area contributed by atoms with Crippen LogP contribution >= 0.6 is 0 Å². The predicted octanol–water partition coefficient (Wildman–Crippen LogP) is 2.61. The first-order valence-corrected chi connectivity index (χ1v) is 7.19. The summed E-state index contributed by atoms with van der Waals surface area (Å²) in [5, 5.41) is 1.37. The number of aromatic nitrogens is 1. The van der Waals surface area contributed by atoms with Gasteiger partial charge in [-0.1, -0.05) is 19.9 Å². The Morgan fingerprint density at radius 3 is 2.58 bits per heavy atom. The van der Waals surface area contributed by atoms with Gasteiger partial charge in [0.25, 0.3) is 0 Å². The molecule has 0 radical (unpaired) electrons. The summed E-state index contributed by atoms with van der Waals surface area (Å²) in [4.78, 5) is 0. The van der Waals surface area contributed by atoms with Gasteiger partial charge >= 0.3 is 0 Å². The third-order valence-electron chi connectivity index (χ3n) is 3.67. The molecule has 1 aromatic heterocycles. The van der Waals surface area contributed by atoms with E-state index in [1.807, 2.05) is 0 Å². The molecule has 2 rings (SSSR count). The van der Waals surface area contributed by atoms with Crippen molar-refractivity contribution in [2.45, 2.75) is 39.2 Å². The van der Waals surface area contributed by atoms with E-state index in [1.54, 1.807) is 0 Å². The highest BCUT2D eigenvalue weighted by Gasteiger charge is 2.10. The highest BCUT2D eigenvalue weighted by atomic mass is 15.0. The van der Waals surface area contributed by atoms with Crippen LogP contribution in [0.1, 0.15) is 37.3 Å². The SMILES string of the molecule is CC(C)c1ccc2c(c1)c(CCCN)cn2CCN. The summed E-state index contributed by atoms with van der Waals surface area (Å²) in [5.74, 6) is 0.560. The second-order valence-electron chi connectivity index (χ2n) is 5.46. The Labute approximate surface area is 115 Å². The molecule has 0 fully saturated rings. The molecule has 0 atom stereocenters. The lowest BCUT2D eigenvalue weighted by atomic mass is 9.99. The molecule has 0 aliphatic rings. The monoisotopic (exact) mass is 259 g/mol. The first kappa shape index (κ1) is 14.1. The maximum Gasteiger partial charge on any atom is 0.0483 e. The lowest BCUT2D eigenvalue weighted by molar-refractivity contribution is 0.729. The van der Waals surface area contributed by atoms with Crippen molar-refractivity contribution in [1.82, 2.24) is 4.57 Å². The molecule has 0 saturated heterocycles. The number of hydrogen-bond donors (Lipinski definition) is 2. The lowest BCUT2D eigenvalue weighted by Gasteiger charge is -2.07. The largest absolute Gasteiger partial charge is 0.346 e. The van der Waals surface area contributed by atoms with Crippen molar-refractivity contribution in [2.24, 2.45) is 11.5 Å². The van der Waals surface area contributed by atoms with Gasteiger partial charge in [-0.3, -0.25) is 0 Å². The third kappa shape index (κ3) is 2.99. The zero-order valence-corrected chi connectivity index (χ0v) is 12.0. The van der Waals surface area contributed by atoms with Crippen LogP contribution < -0.4 is 11.5 Å². The number of fused-ring (bicyclic) bond motifs is 1. The van der Waals surface area contributed by atoms with E-state index in [0.29, 0.717) is 12.5 Å². The van der Waals surface area contributed by atoms with Crippen molar-refractivity contribution in [1.29, 1.82) is 0 Å². The smallest absolute Gasteiger partial charge is 0.0483 e. The number of nitrogens with two attached hydrogens (primary N) is 2. The molecule has 0 unspecified atom stereocenters. The van der Waals surface area contributed by atoms with Crippen molar-refractivity contribution in [3.8, 4) is 0 Å². The normalized spacial score (nSPS) is 11.6. The Morgan fingerprint density at radius 2 is 1.95 bits per heavy atom. The summed E-state index contributed by atoms with van der Waals surface area (Å²) in [7, 11) is 0.